The lowest BCUT2D eigenvalue weighted by atomic mass is 10.0. The predicted molar refractivity (Wildman–Crippen MR) is 79.6 cm³/mol. The second kappa shape index (κ2) is 5.51. The molecule has 0 aliphatic carbocycles. The van der Waals surface area contributed by atoms with E-state index >= 15 is 0 Å². The van der Waals surface area contributed by atoms with Crippen molar-refractivity contribution in [2.24, 2.45) is 0 Å². The Morgan fingerprint density at radius 2 is 1.83 bits per heavy atom. The Balaban J connectivity index is 2.41. The van der Waals surface area contributed by atoms with Gasteiger partial charge in [0.2, 0.25) is 0 Å². The molecule has 0 amide bonds. The van der Waals surface area contributed by atoms with Crippen LogP contribution in [0.1, 0.15) is 28.5 Å². The molecule has 0 radical (unpaired) electrons. The van der Waals surface area contributed by atoms with Crippen LogP contribution in [0, 0.1) is 13.8 Å². The van der Waals surface area contributed by atoms with E-state index in [9.17, 15) is 5.11 Å². The normalized spacial score (nSPS) is 12.5. The van der Waals surface area contributed by atoms with Gasteiger partial charge in [-0.25, -0.2) is 0 Å². The van der Waals surface area contributed by atoms with Crippen molar-refractivity contribution >= 4 is 31.9 Å². The summed E-state index contributed by atoms with van der Waals surface area (Å²) in [5.74, 6) is 0. The molecular formula is C14H13Br2NO. The minimum absolute atomic E-state index is 0.626. The molecule has 1 atom stereocenters. The molecular weight excluding hydrogens is 358 g/mol. The quantitative estimate of drug-likeness (QED) is 0.854. The summed E-state index contributed by atoms with van der Waals surface area (Å²) in [6, 6.07) is 7.83. The maximum Gasteiger partial charge on any atom is 0.122 e. The van der Waals surface area contributed by atoms with E-state index in [1.165, 1.54) is 11.1 Å². The third-order valence-corrected chi connectivity index (χ3v) is 4.01. The van der Waals surface area contributed by atoms with Crippen molar-refractivity contribution in [3.8, 4) is 0 Å². The lowest BCUT2D eigenvalue weighted by molar-refractivity contribution is 0.214. The van der Waals surface area contributed by atoms with Crippen LogP contribution in [0.15, 0.2) is 39.4 Å². The van der Waals surface area contributed by atoms with Gasteiger partial charge in [0.25, 0.3) is 0 Å². The predicted octanol–water partition coefficient (Wildman–Crippen LogP) is 4.31. The van der Waals surface area contributed by atoms with Crippen LogP contribution in [0.2, 0.25) is 0 Å². The molecule has 1 heterocycles. The summed E-state index contributed by atoms with van der Waals surface area (Å²) >= 11 is 6.77. The molecule has 2 rings (SSSR count). The van der Waals surface area contributed by atoms with E-state index in [2.05, 4.69) is 43.8 Å². The van der Waals surface area contributed by atoms with Gasteiger partial charge < -0.3 is 5.11 Å². The van der Waals surface area contributed by atoms with E-state index < -0.39 is 6.10 Å². The molecule has 1 N–H and O–H groups in total. The second-order valence-electron chi connectivity index (χ2n) is 4.27. The topological polar surface area (TPSA) is 33.1 Å². The van der Waals surface area contributed by atoms with E-state index in [0.717, 1.165) is 14.5 Å². The van der Waals surface area contributed by atoms with Gasteiger partial charge in [-0.05, 0) is 68.5 Å². The summed E-state index contributed by atoms with van der Waals surface area (Å²) in [7, 11) is 0. The SMILES string of the molecule is Cc1ccc(C(O)c2ncc(Br)cc2Br)cc1C. The number of nitrogens with zero attached hydrogens (tertiary/aromatic N) is 1. The molecule has 0 aliphatic heterocycles. The number of hydrogen-bond acceptors (Lipinski definition) is 2. The molecule has 18 heavy (non-hydrogen) atoms. The van der Waals surface area contributed by atoms with Crippen LogP contribution in [-0.4, -0.2) is 10.1 Å². The molecule has 0 bridgehead atoms. The summed E-state index contributed by atoms with van der Waals surface area (Å²) in [4.78, 5) is 4.26. The summed E-state index contributed by atoms with van der Waals surface area (Å²) in [6.45, 7) is 4.09. The van der Waals surface area contributed by atoms with Crippen molar-refractivity contribution < 1.29 is 5.11 Å². The van der Waals surface area contributed by atoms with Gasteiger partial charge in [-0.15, -0.1) is 0 Å². The number of halogens is 2. The first-order valence-electron chi connectivity index (χ1n) is 5.55. The lowest BCUT2D eigenvalue weighted by Gasteiger charge is -2.14. The van der Waals surface area contributed by atoms with E-state index in [-0.39, 0.29) is 0 Å². The average Bonchev–Trinajstić information content (AvgIpc) is 2.32. The van der Waals surface area contributed by atoms with Crippen LogP contribution in [0.3, 0.4) is 0 Å². The van der Waals surface area contributed by atoms with Crippen LogP contribution in [-0.2, 0) is 0 Å². The van der Waals surface area contributed by atoms with Crippen molar-refractivity contribution in [3.63, 3.8) is 0 Å². The van der Waals surface area contributed by atoms with Gasteiger partial charge in [-0.3, -0.25) is 4.98 Å². The fourth-order valence-corrected chi connectivity index (χ4v) is 2.92. The van der Waals surface area contributed by atoms with Gasteiger partial charge >= 0.3 is 0 Å². The number of hydrogen-bond donors (Lipinski definition) is 1. The first-order valence-corrected chi connectivity index (χ1v) is 7.14. The first kappa shape index (κ1) is 13.7. The van der Waals surface area contributed by atoms with E-state index in [1.54, 1.807) is 6.20 Å². The van der Waals surface area contributed by atoms with Crippen molar-refractivity contribution in [1.82, 2.24) is 4.98 Å². The van der Waals surface area contributed by atoms with Crippen molar-refractivity contribution in [3.05, 3.63) is 61.8 Å². The molecule has 1 aromatic carbocycles. The van der Waals surface area contributed by atoms with Crippen LogP contribution in [0.4, 0.5) is 0 Å². The first-order chi connectivity index (χ1) is 8.49. The lowest BCUT2D eigenvalue weighted by Crippen LogP contribution is -2.04. The zero-order valence-corrected chi connectivity index (χ0v) is 13.3. The van der Waals surface area contributed by atoms with Crippen molar-refractivity contribution in [1.29, 1.82) is 0 Å². The minimum Gasteiger partial charge on any atom is -0.382 e. The van der Waals surface area contributed by atoms with E-state index in [1.807, 2.05) is 31.2 Å². The van der Waals surface area contributed by atoms with Gasteiger partial charge in [-0.2, -0.15) is 0 Å². The Labute approximate surface area is 123 Å². The van der Waals surface area contributed by atoms with E-state index in [0.29, 0.717) is 5.69 Å². The third kappa shape index (κ3) is 2.82. The van der Waals surface area contributed by atoms with Gasteiger partial charge in [0.05, 0.1) is 5.69 Å². The maximum atomic E-state index is 10.4. The molecule has 0 spiro atoms. The van der Waals surface area contributed by atoms with Gasteiger partial charge in [0, 0.05) is 15.1 Å². The minimum atomic E-state index is -0.716. The molecule has 94 valence electrons. The highest BCUT2D eigenvalue weighted by molar-refractivity contribution is 9.11. The highest BCUT2D eigenvalue weighted by Crippen LogP contribution is 2.29. The van der Waals surface area contributed by atoms with Crippen molar-refractivity contribution in [2.75, 3.05) is 0 Å². The molecule has 4 heteroatoms. The molecule has 0 saturated heterocycles. The molecule has 2 aromatic rings. The second-order valence-corrected chi connectivity index (χ2v) is 6.04. The molecule has 2 nitrogen and oxygen atoms in total. The van der Waals surface area contributed by atoms with Crippen LogP contribution in [0.5, 0.6) is 0 Å². The highest BCUT2D eigenvalue weighted by Gasteiger charge is 2.16. The van der Waals surface area contributed by atoms with Gasteiger partial charge in [0.15, 0.2) is 0 Å². The Morgan fingerprint density at radius 1 is 1.11 bits per heavy atom. The number of rotatable bonds is 2. The Bertz CT molecular complexity index is 584. The van der Waals surface area contributed by atoms with Gasteiger partial charge in [0.1, 0.15) is 6.10 Å². The number of aliphatic hydroxyl groups is 1. The van der Waals surface area contributed by atoms with Gasteiger partial charge in [-0.1, -0.05) is 18.2 Å². The Kier molecular flexibility index (Phi) is 4.20. The number of pyridine rings is 1. The molecule has 0 saturated carbocycles. The highest BCUT2D eigenvalue weighted by atomic mass is 79.9. The smallest absolute Gasteiger partial charge is 0.122 e. The largest absolute Gasteiger partial charge is 0.382 e. The average molecular weight is 371 g/mol. The molecule has 0 fully saturated rings. The standard InChI is InChI=1S/C14H13Br2NO/c1-8-3-4-10(5-9(8)2)14(18)13-12(16)6-11(15)7-17-13/h3-7,14,18H,1-2H3. The summed E-state index contributed by atoms with van der Waals surface area (Å²) in [6.07, 6.45) is 0.969. The van der Waals surface area contributed by atoms with Crippen LogP contribution < -0.4 is 0 Å². The number of benzene rings is 1. The van der Waals surface area contributed by atoms with Crippen LogP contribution in [0.25, 0.3) is 0 Å². The molecule has 1 unspecified atom stereocenters. The third-order valence-electron chi connectivity index (χ3n) is 2.94. The summed E-state index contributed by atoms with van der Waals surface area (Å²) in [5, 5.41) is 10.4. The monoisotopic (exact) mass is 369 g/mol. The fourth-order valence-electron chi connectivity index (χ4n) is 1.72. The zero-order chi connectivity index (χ0) is 13.3. The number of aryl methyl sites for hydroxylation is 2. The Hall–Kier alpha value is -0.710. The van der Waals surface area contributed by atoms with E-state index in [4.69, 9.17) is 0 Å². The maximum absolute atomic E-state index is 10.4. The summed E-state index contributed by atoms with van der Waals surface area (Å²) in [5.41, 5.74) is 3.86. The Morgan fingerprint density at radius 3 is 2.44 bits per heavy atom. The fraction of sp³-hybridized carbons (Fsp3) is 0.214. The number of aromatic nitrogens is 1. The zero-order valence-electron chi connectivity index (χ0n) is 10.1. The molecule has 0 aliphatic rings. The summed E-state index contributed by atoms with van der Waals surface area (Å²) < 4.78 is 1.67. The van der Waals surface area contributed by atoms with Crippen molar-refractivity contribution in [2.45, 2.75) is 20.0 Å². The van der Waals surface area contributed by atoms with Crippen LogP contribution >= 0.6 is 31.9 Å². The number of aliphatic hydroxyl groups excluding tert-OH is 1. The molecule has 1 aromatic heterocycles.